The van der Waals surface area contributed by atoms with Crippen LogP contribution in [0.1, 0.15) is 24.2 Å². The van der Waals surface area contributed by atoms with E-state index in [2.05, 4.69) is 39.2 Å². The van der Waals surface area contributed by atoms with Crippen LogP contribution in [0.4, 0.5) is 23.1 Å². The third kappa shape index (κ3) is 4.01. The number of carbonyl (C=O) groups is 1. The Morgan fingerprint density at radius 1 is 1.08 bits per heavy atom. The van der Waals surface area contributed by atoms with E-state index < -0.39 is 0 Å². The minimum Gasteiger partial charge on any atom is -0.327 e. The fraction of sp³-hybridized carbons (Fsp3) is 0.150. The number of benzene rings is 2. The van der Waals surface area contributed by atoms with Gasteiger partial charge in [-0.2, -0.15) is 4.98 Å². The molecule has 0 aliphatic heterocycles. The average molecular weight is 332 g/mol. The number of rotatable bonds is 6. The van der Waals surface area contributed by atoms with Crippen molar-refractivity contribution >= 4 is 28.9 Å². The summed E-state index contributed by atoms with van der Waals surface area (Å²) in [6.45, 7) is 4.42. The molecule has 0 aliphatic carbocycles. The summed E-state index contributed by atoms with van der Waals surface area (Å²) in [6, 6.07) is 19.3. The Bertz CT molecular complexity index is 864. The third-order valence-corrected chi connectivity index (χ3v) is 3.83. The number of anilines is 4. The molecule has 3 rings (SSSR count). The molecule has 126 valence electrons. The van der Waals surface area contributed by atoms with E-state index in [4.69, 9.17) is 0 Å². The highest BCUT2D eigenvalue weighted by Gasteiger charge is 2.10. The number of nitrogens with one attached hydrogen (secondary N) is 1. The van der Waals surface area contributed by atoms with Crippen molar-refractivity contribution in [3.05, 3.63) is 72.4 Å². The summed E-state index contributed by atoms with van der Waals surface area (Å²) in [7, 11) is 0. The summed E-state index contributed by atoms with van der Waals surface area (Å²) in [4.78, 5) is 22.5. The molecule has 0 bridgehead atoms. The lowest BCUT2D eigenvalue weighted by Crippen LogP contribution is -2.17. The minimum atomic E-state index is 0.0274. The van der Waals surface area contributed by atoms with E-state index in [1.807, 2.05) is 36.4 Å². The first kappa shape index (κ1) is 16.6. The number of hydrogen-bond donors (Lipinski definition) is 1. The fourth-order valence-electron chi connectivity index (χ4n) is 2.59. The fourth-order valence-corrected chi connectivity index (χ4v) is 2.59. The van der Waals surface area contributed by atoms with Crippen LogP contribution in [0.25, 0.3) is 0 Å². The molecule has 0 aliphatic rings. The predicted octanol–water partition coefficient (Wildman–Crippen LogP) is 4.58. The molecular weight excluding hydrogens is 312 g/mol. The van der Waals surface area contributed by atoms with Crippen LogP contribution in [-0.2, 0) is 0 Å². The molecule has 1 heterocycles. The largest absolute Gasteiger partial charge is 0.327 e. The lowest BCUT2D eigenvalue weighted by atomic mass is 10.1. The first-order valence-corrected chi connectivity index (χ1v) is 8.21. The van der Waals surface area contributed by atoms with Crippen LogP contribution in [0, 0.1) is 0 Å². The van der Waals surface area contributed by atoms with Gasteiger partial charge in [-0.1, -0.05) is 30.3 Å². The van der Waals surface area contributed by atoms with Crippen LogP contribution in [0.5, 0.6) is 0 Å². The smallest absolute Gasteiger partial charge is 0.229 e. The van der Waals surface area contributed by atoms with Gasteiger partial charge in [0, 0.05) is 29.7 Å². The number of ketones is 1. The Balaban J connectivity index is 1.86. The van der Waals surface area contributed by atoms with E-state index in [9.17, 15) is 4.79 Å². The van der Waals surface area contributed by atoms with Gasteiger partial charge in [-0.05, 0) is 44.2 Å². The summed E-state index contributed by atoms with van der Waals surface area (Å²) >= 11 is 0. The Labute approximate surface area is 147 Å². The van der Waals surface area contributed by atoms with Crippen molar-refractivity contribution < 1.29 is 4.79 Å². The molecule has 25 heavy (non-hydrogen) atoms. The molecule has 0 saturated heterocycles. The maximum Gasteiger partial charge on any atom is 0.229 e. The molecule has 0 spiro atoms. The topological polar surface area (TPSA) is 58.1 Å². The predicted molar refractivity (Wildman–Crippen MR) is 101 cm³/mol. The SMILES string of the molecule is CCN(c1ccccc1)c1ccnc(Nc2cccc(C(C)=O)c2)n1. The van der Waals surface area contributed by atoms with Gasteiger partial charge in [0.1, 0.15) is 5.82 Å². The van der Waals surface area contributed by atoms with E-state index in [-0.39, 0.29) is 5.78 Å². The highest BCUT2D eigenvalue weighted by molar-refractivity contribution is 5.95. The summed E-state index contributed by atoms with van der Waals surface area (Å²) in [5, 5.41) is 3.17. The van der Waals surface area contributed by atoms with E-state index in [0.717, 1.165) is 23.7 Å². The summed E-state index contributed by atoms with van der Waals surface area (Å²) in [5.41, 5.74) is 2.52. The Morgan fingerprint density at radius 2 is 1.88 bits per heavy atom. The summed E-state index contributed by atoms with van der Waals surface area (Å²) < 4.78 is 0. The van der Waals surface area contributed by atoms with Crippen molar-refractivity contribution in [2.75, 3.05) is 16.8 Å². The quantitative estimate of drug-likeness (QED) is 0.670. The van der Waals surface area contributed by atoms with Crippen molar-refractivity contribution in [3.63, 3.8) is 0 Å². The number of carbonyl (C=O) groups excluding carboxylic acids is 1. The van der Waals surface area contributed by atoms with Crippen LogP contribution in [0.15, 0.2) is 66.9 Å². The molecule has 0 radical (unpaired) electrons. The monoisotopic (exact) mass is 332 g/mol. The van der Waals surface area contributed by atoms with E-state index in [0.29, 0.717) is 11.5 Å². The van der Waals surface area contributed by atoms with Crippen LogP contribution < -0.4 is 10.2 Å². The van der Waals surface area contributed by atoms with Crippen LogP contribution in [0.2, 0.25) is 0 Å². The highest BCUT2D eigenvalue weighted by Crippen LogP contribution is 2.24. The van der Waals surface area contributed by atoms with Gasteiger partial charge in [0.05, 0.1) is 0 Å². The Kier molecular flexibility index (Phi) is 5.04. The molecule has 1 N–H and O–H groups in total. The van der Waals surface area contributed by atoms with Crippen molar-refractivity contribution in [1.82, 2.24) is 9.97 Å². The first-order chi connectivity index (χ1) is 12.2. The maximum atomic E-state index is 11.5. The summed E-state index contributed by atoms with van der Waals surface area (Å²) in [5.74, 6) is 1.33. The van der Waals surface area contributed by atoms with Crippen molar-refractivity contribution in [2.24, 2.45) is 0 Å². The zero-order valence-electron chi connectivity index (χ0n) is 14.3. The van der Waals surface area contributed by atoms with Gasteiger partial charge >= 0.3 is 0 Å². The van der Waals surface area contributed by atoms with Crippen LogP contribution in [0.3, 0.4) is 0 Å². The van der Waals surface area contributed by atoms with Crippen molar-refractivity contribution in [3.8, 4) is 0 Å². The lowest BCUT2D eigenvalue weighted by Gasteiger charge is -2.22. The zero-order valence-corrected chi connectivity index (χ0v) is 14.3. The molecular formula is C20H20N4O. The minimum absolute atomic E-state index is 0.0274. The van der Waals surface area contributed by atoms with Gasteiger partial charge in [-0.25, -0.2) is 4.98 Å². The van der Waals surface area contributed by atoms with Gasteiger partial charge < -0.3 is 10.2 Å². The van der Waals surface area contributed by atoms with Crippen LogP contribution >= 0.6 is 0 Å². The van der Waals surface area contributed by atoms with Gasteiger partial charge in [-0.15, -0.1) is 0 Å². The molecule has 2 aromatic carbocycles. The van der Waals surface area contributed by atoms with Gasteiger partial charge in [0.25, 0.3) is 0 Å². The number of para-hydroxylation sites is 1. The van der Waals surface area contributed by atoms with E-state index >= 15 is 0 Å². The number of hydrogen-bond acceptors (Lipinski definition) is 5. The number of Topliss-reactive ketones (excluding diaryl/α,β-unsaturated/α-hetero) is 1. The Hall–Kier alpha value is -3.21. The molecule has 0 atom stereocenters. The van der Waals surface area contributed by atoms with E-state index in [1.54, 1.807) is 25.3 Å². The highest BCUT2D eigenvalue weighted by atomic mass is 16.1. The number of aromatic nitrogens is 2. The van der Waals surface area contributed by atoms with Gasteiger partial charge in [0.15, 0.2) is 5.78 Å². The normalized spacial score (nSPS) is 10.3. The third-order valence-electron chi connectivity index (χ3n) is 3.83. The van der Waals surface area contributed by atoms with E-state index in [1.165, 1.54) is 0 Å². The second-order valence-electron chi connectivity index (χ2n) is 5.58. The zero-order chi connectivity index (χ0) is 17.6. The molecule has 0 saturated carbocycles. The molecule has 1 aromatic heterocycles. The molecule has 0 unspecified atom stereocenters. The second-order valence-corrected chi connectivity index (χ2v) is 5.58. The molecule has 0 fully saturated rings. The lowest BCUT2D eigenvalue weighted by molar-refractivity contribution is 0.101. The molecule has 5 heteroatoms. The van der Waals surface area contributed by atoms with Crippen molar-refractivity contribution in [2.45, 2.75) is 13.8 Å². The molecule has 0 amide bonds. The standard InChI is InChI=1S/C20H20N4O/c1-3-24(18-10-5-4-6-11-18)19-12-13-21-20(23-19)22-17-9-7-8-16(14-17)15(2)25/h4-14H,3H2,1-2H3,(H,21,22,23). The molecule has 5 nitrogen and oxygen atoms in total. The second kappa shape index (κ2) is 7.57. The van der Waals surface area contributed by atoms with Gasteiger partial charge in [-0.3, -0.25) is 4.79 Å². The van der Waals surface area contributed by atoms with Crippen molar-refractivity contribution in [1.29, 1.82) is 0 Å². The number of nitrogens with zero attached hydrogens (tertiary/aromatic N) is 3. The maximum absolute atomic E-state index is 11.5. The van der Waals surface area contributed by atoms with Gasteiger partial charge in [0.2, 0.25) is 5.95 Å². The Morgan fingerprint density at radius 3 is 2.60 bits per heavy atom. The average Bonchev–Trinajstić information content (AvgIpc) is 2.64. The summed E-state index contributed by atoms with van der Waals surface area (Å²) in [6.07, 6.45) is 1.73. The first-order valence-electron chi connectivity index (χ1n) is 8.21. The molecule has 3 aromatic rings. The van der Waals surface area contributed by atoms with Crippen LogP contribution in [-0.4, -0.2) is 22.3 Å².